The first-order chi connectivity index (χ1) is 14.3. The zero-order chi connectivity index (χ0) is 22.1. The fourth-order valence-electron chi connectivity index (χ4n) is 2.53. The van der Waals surface area contributed by atoms with Crippen LogP contribution in [0.2, 0.25) is 5.02 Å². The highest BCUT2D eigenvalue weighted by molar-refractivity contribution is 6.32. The van der Waals surface area contributed by atoms with Crippen molar-refractivity contribution in [2.45, 2.75) is 6.42 Å². The van der Waals surface area contributed by atoms with Crippen molar-refractivity contribution < 1.29 is 14.5 Å². The van der Waals surface area contributed by atoms with Crippen LogP contribution in [0.1, 0.15) is 22.3 Å². The van der Waals surface area contributed by atoms with Gasteiger partial charge in [-0.25, -0.2) is 0 Å². The van der Waals surface area contributed by atoms with Gasteiger partial charge >= 0.3 is 0 Å². The summed E-state index contributed by atoms with van der Waals surface area (Å²) in [5, 5.41) is 16.6. The minimum absolute atomic E-state index is 0.0244. The Balaban J connectivity index is 2.20. The summed E-state index contributed by atoms with van der Waals surface area (Å²) in [4.78, 5) is 37.5. The van der Waals surface area contributed by atoms with Gasteiger partial charge in [-0.3, -0.25) is 19.7 Å². The Kier molecular flexibility index (Phi) is 8.52. The van der Waals surface area contributed by atoms with E-state index < -0.39 is 16.7 Å². The quantitative estimate of drug-likeness (QED) is 0.275. The molecule has 9 heteroatoms. The third-order valence-electron chi connectivity index (χ3n) is 4.11. The van der Waals surface area contributed by atoms with Gasteiger partial charge < -0.3 is 15.5 Å². The molecule has 2 N–H and O–H groups in total. The second-order valence-electron chi connectivity index (χ2n) is 6.75. The van der Waals surface area contributed by atoms with Crippen LogP contribution in [0.3, 0.4) is 0 Å². The topological polar surface area (TPSA) is 105 Å². The molecule has 0 atom stereocenters. The van der Waals surface area contributed by atoms with Crippen LogP contribution in [0.25, 0.3) is 6.08 Å². The lowest BCUT2D eigenvalue weighted by atomic mass is 10.1. The number of nitrogens with zero attached hydrogens (tertiary/aromatic N) is 2. The lowest BCUT2D eigenvalue weighted by Crippen LogP contribution is -2.36. The van der Waals surface area contributed by atoms with Gasteiger partial charge in [0.05, 0.1) is 4.92 Å². The third-order valence-corrected chi connectivity index (χ3v) is 4.45. The number of carbonyl (C=O) groups is 2. The number of halogens is 1. The van der Waals surface area contributed by atoms with E-state index in [-0.39, 0.29) is 16.9 Å². The van der Waals surface area contributed by atoms with Gasteiger partial charge in [-0.05, 0) is 56.9 Å². The number of nitrogens with one attached hydrogen (secondary N) is 2. The predicted molar refractivity (Wildman–Crippen MR) is 116 cm³/mol. The molecule has 0 aliphatic rings. The number of carbonyl (C=O) groups excluding carboxylic acids is 2. The van der Waals surface area contributed by atoms with E-state index in [1.54, 1.807) is 24.3 Å². The molecule has 2 rings (SSSR count). The van der Waals surface area contributed by atoms with E-state index in [0.717, 1.165) is 13.0 Å². The zero-order valence-electron chi connectivity index (χ0n) is 16.7. The fourth-order valence-corrected chi connectivity index (χ4v) is 2.72. The lowest BCUT2D eigenvalue weighted by molar-refractivity contribution is -0.384. The number of nitro benzene ring substituents is 1. The van der Waals surface area contributed by atoms with Crippen molar-refractivity contribution >= 4 is 35.2 Å². The van der Waals surface area contributed by atoms with Gasteiger partial charge in [0.1, 0.15) is 5.70 Å². The number of nitro groups is 1. The molecule has 0 radical (unpaired) electrons. The molecule has 0 unspecified atom stereocenters. The maximum absolute atomic E-state index is 12.7. The van der Waals surface area contributed by atoms with E-state index >= 15 is 0 Å². The molecule has 2 aromatic rings. The van der Waals surface area contributed by atoms with Crippen molar-refractivity contribution in [1.29, 1.82) is 0 Å². The number of benzene rings is 2. The van der Waals surface area contributed by atoms with E-state index in [0.29, 0.717) is 17.1 Å². The monoisotopic (exact) mass is 430 g/mol. The van der Waals surface area contributed by atoms with Crippen LogP contribution >= 0.6 is 11.6 Å². The molecular weight excluding hydrogens is 408 g/mol. The smallest absolute Gasteiger partial charge is 0.269 e. The van der Waals surface area contributed by atoms with Crippen LogP contribution in [-0.4, -0.2) is 48.8 Å². The molecule has 0 saturated carbocycles. The number of hydrogen-bond donors (Lipinski definition) is 2. The molecule has 0 fully saturated rings. The average molecular weight is 431 g/mol. The summed E-state index contributed by atoms with van der Waals surface area (Å²) in [6.07, 6.45) is 2.24. The molecule has 0 bridgehead atoms. The maximum atomic E-state index is 12.7. The molecular formula is C21H23ClN4O4. The van der Waals surface area contributed by atoms with E-state index in [4.69, 9.17) is 11.6 Å². The lowest BCUT2D eigenvalue weighted by Gasteiger charge is -2.13. The highest BCUT2D eigenvalue weighted by atomic mass is 35.5. The van der Waals surface area contributed by atoms with Gasteiger partial charge in [0, 0.05) is 29.3 Å². The molecule has 2 amide bonds. The van der Waals surface area contributed by atoms with Crippen LogP contribution in [0.4, 0.5) is 5.69 Å². The second-order valence-corrected chi connectivity index (χ2v) is 7.16. The Hall–Kier alpha value is -3.23. The molecule has 0 spiro atoms. The van der Waals surface area contributed by atoms with Gasteiger partial charge in [-0.2, -0.15) is 0 Å². The van der Waals surface area contributed by atoms with Crippen LogP contribution in [0, 0.1) is 10.1 Å². The van der Waals surface area contributed by atoms with E-state index in [1.165, 1.54) is 30.3 Å². The van der Waals surface area contributed by atoms with E-state index in [1.807, 2.05) is 19.0 Å². The number of non-ortho nitro benzene ring substituents is 1. The Morgan fingerprint density at radius 3 is 2.40 bits per heavy atom. The van der Waals surface area contributed by atoms with E-state index in [2.05, 4.69) is 10.6 Å². The highest BCUT2D eigenvalue weighted by Gasteiger charge is 2.16. The SMILES string of the molecule is CN(C)CCCNC(=O)C(=Cc1ccccc1Cl)NC(=O)c1ccc([N+](=O)[O-])cc1. The van der Waals surface area contributed by atoms with Crippen molar-refractivity contribution in [2.75, 3.05) is 27.2 Å². The molecule has 0 aliphatic carbocycles. The van der Waals surface area contributed by atoms with Gasteiger partial charge in [0.15, 0.2) is 0 Å². The molecule has 0 saturated heterocycles. The summed E-state index contributed by atoms with van der Waals surface area (Å²) in [6, 6.07) is 12.0. The molecule has 0 heterocycles. The summed E-state index contributed by atoms with van der Waals surface area (Å²) in [7, 11) is 3.88. The summed E-state index contributed by atoms with van der Waals surface area (Å²) in [6.45, 7) is 1.24. The first kappa shape index (κ1) is 23.1. The Morgan fingerprint density at radius 2 is 1.80 bits per heavy atom. The van der Waals surface area contributed by atoms with Crippen molar-refractivity contribution in [2.24, 2.45) is 0 Å². The minimum atomic E-state index is -0.563. The standard InChI is InChI=1S/C21H23ClN4O4/c1-25(2)13-5-12-23-21(28)19(14-16-6-3-4-7-18(16)22)24-20(27)15-8-10-17(11-9-15)26(29)30/h3-4,6-11,14H,5,12-13H2,1-2H3,(H,23,28)(H,24,27). The molecule has 2 aromatic carbocycles. The Labute approximate surface area is 179 Å². The van der Waals surface area contributed by atoms with Crippen molar-refractivity contribution in [3.05, 3.63) is 80.5 Å². The van der Waals surface area contributed by atoms with Gasteiger partial charge in [0.2, 0.25) is 0 Å². The third kappa shape index (κ3) is 6.98. The Morgan fingerprint density at radius 1 is 1.13 bits per heavy atom. The molecule has 0 aromatic heterocycles. The summed E-state index contributed by atoms with van der Waals surface area (Å²) >= 11 is 6.18. The fraction of sp³-hybridized carbons (Fsp3) is 0.238. The van der Waals surface area contributed by atoms with Crippen molar-refractivity contribution in [1.82, 2.24) is 15.5 Å². The van der Waals surface area contributed by atoms with Gasteiger partial charge in [-0.1, -0.05) is 29.8 Å². The molecule has 0 aliphatic heterocycles. The molecule has 8 nitrogen and oxygen atoms in total. The van der Waals surface area contributed by atoms with Crippen molar-refractivity contribution in [3.63, 3.8) is 0 Å². The van der Waals surface area contributed by atoms with Crippen LogP contribution < -0.4 is 10.6 Å². The first-order valence-corrected chi connectivity index (χ1v) is 9.60. The average Bonchev–Trinajstić information content (AvgIpc) is 2.72. The highest BCUT2D eigenvalue weighted by Crippen LogP contribution is 2.18. The van der Waals surface area contributed by atoms with Crippen molar-refractivity contribution in [3.8, 4) is 0 Å². The van der Waals surface area contributed by atoms with Gasteiger partial charge in [0.25, 0.3) is 17.5 Å². The predicted octanol–water partition coefficient (Wildman–Crippen LogP) is 3.09. The Bertz CT molecular complexity index is 942. The molecule has 30 heavy (non-hydrogen) atoms. The van der Waals surface area contributed by atoms with Gasteiger partial charge in [-0.15, -0.1) is 0 Å². The van der Waals surface area contributed by atoms with Crippen LogP contribution in [0.5, 0.6) is 0 Å². The molecule has 158 valence electrons. The maximum Gasteiger partial charge on any atom is 0.269 e. The number of amides is 2. The second kappa shape index (κ2) is 11.1. The normalized spacial score (nSPS) is 11.3. The number of rotatable bonds is 9. The van der Waals surface area contributed by atoms with E-state index in [9.17, 15) is 19.7 Å². The summed E-state index contributed by atoms with van der Waals surface area (Å²) in [5.74, 6) is -1.02. The first-order valence-electron chi connectivity index (χ1n) is 9.23. The zero-order valence-corrected chi connectivity index (χ0v) is 17.5. The largest absolute Gasteiger partial charge is 0.351 e. The summed E-state index contributed by atoms with van der Waals surface area (Å²) in [5.41, 5.74) is 0.654. The minimum Gasteiger partial charge on any atom is -0.351 e. The van der Waals surface area contributed by atoms with Crippen LogP contribution in [-0.2, 0) is 4.79 Å². The van der Waals surface area contributed by atoms with Crippen LogP contribution in [0.15, 0.2) is 54.2 Å². The summed E-state index contributed by atoms with van der Waals surface area (Å²) < 4.78 is 0. The number of hydrogen-bond acceptors (Lipinski definition) is 5.